The molecule has 1 aliphatic heterocycles. The molecule has 10 nitrogen and oxygen atoms in total. The van der Waals surface area contributed by atoms with Crippen molar-refractivity contribution in [2.75, 3.05) is 23.7 Å². The van der Waals surface area contributed by atoms with Crippen LogP contribution in [0.5, 0.6) is 0 Å². The van der Waals surface area contributed by atoms with E-state index >= 15 is 0 Å². The maximum atomic E-state index is 13.8. The lowest BCUT2D eigenvalue weighted by atomic mass is 9.97. The first kappa shape index (κ1) is 32.6. The topological polar surface area (TPSA) is 137 Å². The molecule has 0 bridgehead atoms. The van der Waals surface area contributed by atoms with Gasteiger partial charge in [0.1, 0.15) is 11.9 Å². The normalized spacial score (nSPS) is 16.3. The fraction of sp³-hybridized carbons (Fsp3) is 0.552. The maximum Gasteiger partial charge on any atom is 0.308 e. The number of aromatic nitrogens is 2. The lowest BCUT2D eigenvalue weighted by Crippen LogP contribution is -2.31. The van der Waals surface area contributed by atoms with Gasteiger partial charge in [0.15, 0.2) is 6.29 Å². The first-order valence-electron chi connectivity index (χ1n) is 13.9. The van der Waals surface area contributed by atoms with Crippen LogP contribution in [0.3, 0.4) is 0 Å². The number of hydrogen-bond donors (Lipinski definition) is 2. The Bertz CT molecular complexity index is 1290. The standard InChI is InChI=1S/C29H40FN3O7S/c1-6-41(36,37)33-29-31-26(18(2)3)24(27(32-29)20-8-10-21(30)11-9-20)13-12-23(40-28(35)19(4)5)16-22(34)17-25-38-14-7-15-39-25/h8-13,18-19,22-23,25,34H,6-7,14-17H2,1-5H3,(H,31,32,33). The van der Waals surface area contributed by atoms with Crippen LogP contribution in [-0.2, 0) is 29.0 Å². The van der Waals surface area contributed by atoms with Crippen LogP contribution in [0.1, 0.15) is 71.1 Å². The third-order valence-electron chi connectivity index (χ3n) is 6.35. The molecule has 12 heteroatoms. The summed E-state index contributed by atoms with van der Waals surface area (Å²) < 4.78 is 57.6. The molecule has 2 N–H and O–H groups in total. The molecule has 0 spiro atoms. The number of nitrogens with zero attached hydrogens (tertiary/aromatic N) is 2. The third-order valence-corrected chi connectivity index (χ3v) is 7.60. The molecule has 1 saturated heterocycles. The molecule has 2 unspecified atom stereocenters. The number of esters is 1. The number of hydrogen-bond acceptors (Lipinski definition) is 9. The molecule has 0 saturated carbocycles. The highest BCUT2D eigenvalue weighted by molar-refractivity contribution is 7.92. The second-order valence-electron chi connectivity index (χ2n) is 10.5. The van der Waals surface area contributed by atoms with E-state index in [1.165, 1.54) is 19.1 Å². The van der Waals surface area contributed by atoms with Gasteiger partial charge in [-0.1, -0.05) is 33.8 Å². The monoisotopic (exact) mass is 593 g/mol. The van der Waals surface area contributed by atoms with Crippen LogP contribution in [-0.4, -0.2) is 66.9 Å². The van der Waals surface area contributed by atoms with E-state index in [0.717, 1.165) is 6.42 Å². The number of halogens is 1. The molecule has 2 atom stereocenters. The van der Waals surface area contributed by atoms with E-state index in [4.69, 9.17) is 14.2 Å². The van der Waals surface area contributed by atoms with Crippen LogP contribution >= 0.6 is 0 Å². The largest absolute Gasteiger partial charge is 0.458 e. The van der Waals surface area contributed by atoms with Crippen molar-refractivity contribution in [1.29, 1.82) is 0 Å². The van der Waals surface area contributed by atoms with Crippen molar-refractivity contribution in [3.8, 4) is 11.3 Å². The first-order chi connectivity index (χ1) is 19.4. The summed E-state index contributed by atoms with van der Waals surface area (Å²) in [4.78, 5) is 21.5. The van der Waals surface area contributed by atoms with Crippen molar-refractivity contribution in [2.24, 2.45) is 5.92 Å². The predicted octanol–water partition coefficient (Wildman–Crippen LogP) is 4.65. The van der Waals surface area contributed by atoms with Gasteiger partial charge in [-0.25, -0.2) is 22.8 Å². The van der Waals surface area contributed by atoms with Crippen molar-refractivity contribution in [2.45, 2.75) is 78.3 Å². The number of anilines is 1. The minimum Gasteiger partial charge on any atom is -0.458 e. The average molecular weight is 594 g/mol. The summed E-state index contributed by atoms with van der Waals surface area (Å²) in [5.74, 6) is -1.68. The Hall–Kier alpha value is -2.93. The molecule has 1 aromatic heterocycles. The van der Waals surface area contributed by atoms with Crippen molar-refractivity contribution in [3.05, 3.63) is 47.4 Å². The van der Waals surface area contributed by atoms with Crippen LogP contribution in [0.4, 0.5) is 10.3 Å². The number of nitrogens with one attached hydrogen (secondary N) is 1. The molecule has 3 rings (SSSR count). The molecule has 226 valence electrons. The Kier molecular flexibility index (Phi) is 11.8. The Morgan fingerprint density at radius 1 is 1.17 bits per heavy atom. The Morgan fingerprint density at radius 3 is 2.41 bits per heavy atom. The molecule has 41 heavy (non-hydrogen) atoms. The second-order valence-corrected chi connectivity index (χ2v) is 12.5. The van der Waals surface area contributed by atoms with Crippen LogP contribution in [0, 0.1) is 11.7 Å². The zero-order chi connectivity index (χ0) is 30.2. The first-order valence-corrected chi connectivity index (χ1v) is 15.5. The van der Waals surface area contributed by atoms with E-state index in [-0.39, 0.29) is 36.4 Å². The second kappa shape index (κ2) is 14.8. The third kappa shape index (κ3) is 9.84. The lowest BCUT2D eigenvalue weighted by Gasteiger charge is -2.26. The zero-order valence-electron chi connectivity index (χ0n) is 24.2. The molecule has 2 aromatic rings. The Labute approximate surface area is 241 Å². The number of carbonyl (C=O) groups is 1. The summed E-state index contributed by atoms with van der Waals surface area (Å²) >= 11 is 0. The number of sulfonamides is 1. The van der Waals surface area contributed by atoms with E-state index in [9.17, 15) is 22.7 Å². The molecule has 2 heterocycles. The molecule has 1 aliphatic rings. The van der Waals surface area contributed by atoms with Crippen LogP contribution < -0.4 is 4.72 Å². The lowest BCUT2D eigenvalue weighted by molar-refractivity contribution is -0.192. The Balaban J connectivity index is 2.03. The van der Waals surface area contributed by atoms with Crippen LogP contribution in [0.2, 0.25) is 0 Å². The van der Waals surface area contributed by atoms with Gasteiger partial charge in [0, 0.05) is 24.0 Å². The summed E-state index contributed by atoms with van der Waals surface area (Å²) in [6, 6.07) is 5.66. The highest BCUT2D eigenvalue weighted by Gasteiger charge is 2.25. The van der Waals surface area contributed by atoms with Crippen molar-refractivity contribution < 1.29 is 36.9 Å². The molecule has 1 fully saturated rings. The van der Waals surface area contributed by atoms with Gasteiger partial charge in [0.2, 0.25) is 16.0 Å². The molecule has 1 aromatic carbocycles. The summed E-state index contributed by atoms with van der Waals surface area (Å²) in [5, 5.41) is 10.8. The number of aliphatic hydroxyl groups excluding tert-OH is 1. The van der Waals surface area contributed by atoms with Gasteiger partial charge in [-0.05, 0) is 49.6 Å². The van der Waals surface area contributed by atoms with Crippen LogP contribution in [0.15, 0.2) is 30.3 Å². The highest BCUT2D eigenvalue weighted by atomic mass is 32.2. The SMILES string of the molecule is CCS(=O)(=O)Nc1nc(-c2ccc(F)cc2)c(C=CC(CC(O)CC2OCCCO2)OC(=O)C(C)C)c(C(C)C)n1. The molecule has 0 amide bonds. The summed E-state index contributed by atoms with van der Waals surface area (Å²) in [7, 11) is -3.67. The zero-order valence-corrected chi connectivity index (χ0v) is 25.0. The summed E-state index contributed by atoms with van der Waals surface area (Å²) in [5.41, 5.74) is 1.98. The van der Waals surface area contributed by atoms with Crippen molar-refractivity contribution in [3.63, 3.8) is 0 Å². The number of aliphatic hydroxyl groups is 1. The van der Waals surface area contributed by atoms with Crippen molar-refractivity contribution >= 4 is 28.0 Å². The number of rotatable bonds is 13. The Morgan fingerprint density at radius 2 is 1.83 bits per heavy atom. The molecular weight excluding hydrogens is 553 g/mol. The summed E-state index contributed by atoms with van der Waals surface area (Å²) in [6.45, 7) is 9.85. The van der Waals surface area contributed by atoms with Crippen molar-refractivity contribution in [1.82, 2.24) is 9.97 Å². The van der Waals surface area contributed by atoms with E-state index in [1.54, 1.807) is 38.1 Å². The minimum absolute atomic E-state index is 0.0936. The van der Waals surface area contributed by atoms with Gasteiger partial charge in [-0.2, -0.15) is 0 Å². The van der Waals surface area contributed by atoms with E-state index in [1.807, 2.05) is 13.8 Å². The molecule has 0 radical (unpaired) electrons. The van der Waals surface area contributed by atoms with E-state index < -0.39 is 40.3 Å². The number of carbonyl (C=O) groups excluding carboxylic acids is 1. The number of ether oxygens (including phenoxy) is 3. The molecular formula is C29H40FN3O7S. The fourth-order valence-corrected chi connectivity index (χ4v) is 4.60. The van der Waals surface area contributed by atoms with Gasteiger partial charge in [0.25, 0.3) is 0 Å². The fourth-order valence-electron chi connectivity index (χ4n) is 4.09. The van der Waals surface area contributed by atoms with E-state index in [0.29, 0.717) is 35.7 Å². The average Bonchev–Trinajstić information content (AvgIpc) is 2.92. The quantitative estimate of drug-likeness (QED) is 0.318. The highest BCUT2D eigenvalue weighted by Crippen LogP contribution is 2.31. The van der Waals surface area contributed by atoms with Crippen LogP contribution in [0.25, 0.3) is 17.3 Å². The van der Waals surface area contributed by atoms with Gasteiger partial charge in [-0.3, -0.25) is 9.52 Å². The van der Waals surface area contributed by atoms with Gasteiger partial charge in [0.05, 0.1) is 42.4 Å². The van der Waals surface area contributed by atoms with Gasteiger partial charge < -0.3 is 19.3 Å². The predicted molar refractivity (Wildman–Crippen MR) is 154 cm³/mol. The number of benzene rings is 1. The maximum absolute atomic E-state index is 13.8. The van der Waals surface area contributed by atoms with E-state index in [2.05, 4.69) is 14.7 Å². The molecule has 0 aliphatic carbocycles. The smallest absolute Gasteiger partial charge is 0.308 e. The summed E-state index contributed by atoms with van der Waals surface area (Å²) in [6.07, 6.45) is 2.24. The van der Waals surface area contributed by atoms with Gasteiger partial charge in [-0.15, -0.1) is 0 Å². The van der Waals surface area contributed by atoms with Gasteiger partial charge >= 0.3 is 5.97 Å². The minimum atomic E-state index is -3.67.